The molecule has 0 saturated heterocycles. The molecular formula is C15H12F4N4O7PuS. The number of rotatable bonds is 8. The SMILES string of the molecule is COC(=O)c1ccccc1S(=O)(=O)NC(=O)Nc1nc(OC(F)F)cc(OC(F)F)n1.[Pu]. The van der Waals surface area contributed by atoms with Crippen molar-refractivity contribution < 1.29 is 79.0 Å². The van der Waals surface area contributed by atoms with E-state index in [0.717, 1.165) is 19.2 Å². The Morgan fingerprint density at radius 2 is 1.53 bits per heavy atom. The van der Waals surface area contributed by atoms with Crippen molar-refractivity contribution in [2.24, 2.45) is 0 Å². The molecule has 11 nitrogen and oxygen atoms in total. The van der Waals surface area contributed by atoms with E-state index in [1.165, 1.54) is 16.9 Å². The summed E-state index contributed by atoms with van der Waals surface area (Å²) >= 11 is 0. The number of methoxy groups -OCH3 is 1. The van der Waals surface area contributed by atoms with E-state index in [2.05, 4.69) is 24.2 Å². The molecule has 1 aromatic heterocycles. The molecule has 0 fully saturated rings. The van der Waals surface area contributed by atoms with E-state index in [9.17, 15) is 35.6 Å². The summed E-state index contributed by atoms with van der Waals surface area (Å²) in [5, 5.41) is 1.74. The average Bonchev–Trinajstić information content (AvgIpc) is 2.65. The Kier molecular flexibility index (Phi) is 10.1. The number of urea groups is 1. The van der Waals surface area contributed by atoms with Gasteiger partial charge in [-0.25, -0.2) is 22.7 Å². The quantitative estimate of drug-likeness (QED) is 0.310. The minimum atomic E-state index is -4.64. The molecule has 0 atom stereocenters. The van der Waals surface area contributed by atoms with Gasteiger partial charge in [-0.15, -0.1) is 0 Å². The Balaban J connectivity index is 0.00000512. The van der Waals surface area contributed by atoms with E-state index in [4.69, 9.17) is 0 Å². The van der Waals surface area contributed by atoms with E-state index in [-0.39, 0.29) is 34.7 Å². The van der Waals surface area contributed by atoms with Crippen molar-refractivity contribution in [2.75, 3.05) is 12.4 Å². The molecule has 17 heteroatoms. The second-order valence-corrected chi connectivity index (χ2v) is 6.82. The van der Waals surface area contributed by atoms with Gasteiger partial charge in [0.25, 0.3) is 10.0 Å². The third kappa shape index (κ3) is 7.77. The van der Waals surface area contributed by atoms with Gasteiger partial charge in [-0.1, -0.05) is 12.1 Å². The summed E-state index contributed by atoms with van der Waals surface area (Å²) in [5.41, 5.74) is -0.387. The van der Waals surface area contributed by atoms with Crippen LogP contribution in [0.1, 0.15) is 10.4 Å². The van der Waals surface area contributed by atoms with E-state index in [0.29, 0.717) is 6.07 Å². The Labute approximate surface area is 199 Å². The number of alkyl halides is 4. The first-order chi connectivity index (χ1) is 14.5. The van der Waals surface area contributed by atoms with Gasteiger partial charge in [0.15, 0.2) is 0 Å². The van der Waals surface area contributed by atoms with Crippen molar-refractivity contribution >= 4 is 28.0 Å². The number of carbonyl (C=O) groups excluding carboxylic acids is 2. The Morgan fingerprint density at radius 3 is 2.03 bits per heavy atom. The van der Waals surface area contributed by atoms with Gasteiger partial charge in [0.1, 0.15) is 4.90 Å². The third-order valence-corrected chi connectivity index (χ3v) is 4.52. The summed E-state index contributed by atoms with van der Waals surface area (Å²) in [7, 11) is -3.63. The van der Waals surface area contributed by atoms with Crippen LogP contribution < -0.4 is 19.5 Å². The normalized spacial score (nSPS) is 10.8. The molecule has 0 aliphatic carbocycles. The second-order valence-electron chi connectivity index (χ2n) is 5.17. The maximum absolute atomic E-state index is 12.4. The molecule has 0 aliphatic rings. The number of aromatic nitrogens is 2. The number of ether oxygens (including phenoxy) is 3. The van der Waals surface area contributed by atoms with E-state index in [1.54, 1.807) is 5.32 Å². The van der Waals surface area contributed by atoms with Crippen molar-refractivity contribution in [2.45, 2.75) is 18.1 Å². The number of halogens is 4. The first-order valence-corrected chi connectivity index (χ1v) is 9.30. The number of nitrogens with zero attached hydrogens (tertiary/aromatic N) is 2. The van der Waals surface area contributed by atoms with Crippen LogP contribution in [-0.4, -0.2) is 50.7 Å². The molecule has 0 aliphatic heterocycles. The van der Waals surface area contributed by atoms with Crippen LogP contribution in [0.5, 0.6) is 11.8 Å². The van der Waals surface area contributed by atoms with Gasteiger partial charge in [-0.05, 0) is 12.1 Å². The smallest absolute Gasteiger partial charge is 0.388 e. The van der Waals surface area contributed by atoms with Crippen molar-refractivity contribution in [3.05, 3.63) is 35.9 Å². The predicted octanol–water partition coefficient (Wildman–Crippen LogP) is 1.98. The molecule has 0 bridgehead atoms. The van der Waals surface area contributed by atoms with Gasteiger partial charge >= 0.3 is 25.2 Å². The van der Waals surface area contributed by atoms with Crippen LogP contribution in [-0.2, 0) is 14.8 Å². The van der Waals surface area contributed by atoms with Gasteiger partial charge in [-0.3, -0.25) is 5.32 Å². The van der Waals surface area contributed by atoms with Crippen LogP contribution in [0.2, 0.25) is 0 Å². The summed E-state index contributed by atoms with van der Waals surface area (Å²) < 4.78 is 88.2. The van der Waals surface area contributed by atoms with E-state index >= 15 is 0 Å². The van der Waals surface area contributed by atoms with Crippen molar-refractivity contribution in [1.29, 1.82) is 0 Å². The first kappa shape index (κ1) is 27.3. The molecule has 1 aromatic carbocycles. The van der Waals surface area contributed by atoms with Gasteiger partial charge in [-0.2, -0.15) is 27.5 Å². The van der Waals surface area contributed by atoms with E-state index in [1.807, 2.05) is 0 Å². The Bertz CT molecular complexity index is 1050. The number of esters is 1. The molecule has 2 rings (SSSR count). The molecule has 32 heavy (non-hydrogen) atoms. The Hall–Kier alpha value is -2.70. The molecular weight excluding hydrogens is 700 g/mol. The summed E-state index contributed by atoms with van der Waals surface area (Å²) in [6.07, 6.45) is 0. The van der Waals surface area contributed by atoms with Gasteiger partial charge in [0.2, 0.25) is 17.7 Å². The van der Waals surface area contributed by atoms with Gasteiger partial charge < -0.3 is 14.2 Å². The largest absolute Gasteiger partial charge is 0.465 e. The van der Waals surface area contributed by atoms with Crippen molar-refractivity contribution in [3.8, 4) is 11.8 Å². The minimum Gasteiger partial charge on any atom is -0.465 e. The molecule has 2 aromatic rings. The monoisotopic (exact) mass is 706 g/mol. The molecule has 0 radical (unpaired) electrons. The van der Waals surface area contributed by atoms with Crippen molar-refractivity contribution in [3.63, 3.8) is 0 Å². The van der Waals surface area contributed by atoms with Gasteiger partial charge in [0.05, 0.1) is 18.7 Å². The summed E-state index contributed by atoms with van der Waals surface area (Å²) in [6, 6.07) is 3.71. The second kappa shape index (κ2) is 11.8. The molecule has 0 unspecified atom stereocenters. The maximum atomic E-state index is 12.4. The number of hydrogen-bond acceptors (Lipinski definition) is 9. The minimum absolute atomic E-state index is 0. The fourth-order valence-corrected chi connectivity index (χ4v) is 3.15. The van der Waals surface area contributed by atoms with Crippen LogP contribution in [0.25, 0.3) is 0 Å². The van der Waals surface area contributed by atoms with Crippen molar-refractivity contribution in [1.82, 2.24) is 14.7 Å². The topological polar surface area (TPSA) is 146 Å². The zero-order valence-electron chi connectivity index (χ0n) is 15.6. The van der Waals surface area contributed by atoms with Crippen LogP contribution >= 0.6 is 0 Å². The number of benzene rings is 1. The van der Waals surface area contributed by atoms with Crippen LogP contribution in [0.4, 0.5) is 28.3 Å². The summed E-state index contributed by atoms with van der Waals surface area (Å²) in [5.74, 6) is -3.80. The fourth-order valence-electron chi connectivity index (χ4n) is 2.05. The van der Waals surface area contributed by atoms with Crippen LogP contribution in [0.15, 0.2) is 35.2 Å². The molecule has 0 saturated carbocycles. The molecule has 1 heterocycles. The zero-order chi connectivity index (χ0) is 23.2. The van der Waals surface area contributed by atoms with E-state index < -0.39 is 57.9 Å². The fraction of sp³-hybridized carbons (Fsp3) is 0.200. The van der Waals surface area contributed by atoms with Gasteiger partial charge in [0, 0.05) is 29.2 Å². The number of hydrogen-bond donors (Lipinski definition) is 2. The first-order valence-electron chi connectivity index (χ1n) is 7.81. The zero-order valence-corrected chi connectivity index (χ0v) is 19.8. The number of sulfonamides is 1. The maximum Gasteiger partial charge on any atom is 0.388 e. The summed E-state index contributed by atoms with van der Waals surface area (Å²) in [6.45, 7) is -6.79. The molecule has 2 amide bonds. The molecule has 2 N–H and O–H groups in total. The molecule has 0 spiro atoms. The molecule has 174 valence electrons. The number of carbonyl (C=O) groups is 2. The number of anilines is 1. The number of nitrogens with one attached hydrogen (secondary N) is 2. The van der Waals surface area contributed by atoms with Crippen LogP contribution in [0, 0.1) is 29.2 Å². The predicted molar refractivity (Wildman–Crippen MR) is 92.4 cm³/mol. The number of amides is 2. The standard InChI is InChI=1S/C15H12F4N4O7S.Pu/c1-28-11(24)7-4-2-3-5-8(7)31(26,27)23-15(25)22-14-20-9(29-12(16)17)6-10(21-14)30-13(18)19;/h2-6,12-13H,1H3,(H2,20,21,22,23,25);. The van der Waals surface area contributed by atoms with Crippen LogP contribution in [0.3, 0.4) is 0 Å². The summed E-state index contributed by atoms with van der Waals surface area (Å²) in [4.78, 5) is 29.8. The Morgan fingerprint density at radius 1 is 1.00 bits per heavy atom. The third-order valence-electron chi connectivity index (χ3n) is 3.13. The average molecular weight is 712 g/mol.